The van der Waals surface area contributed by atoms with Crippen molar-refractivity contribution < 1.29 is 4.92 Å². The van der Waals surface area contributed by atoms with Gasteiger partial charge in [-0.15, -0.1) is 0 Å². The lowest BCUT2D eigenvalue weighted by atomic mass is 10.1. The molecule has 1 aromatic carbocycles. The molecule has 0 fully saturated rings. The maximum Gasteiger partial charge on any atom is 0.287 e. The van der Waals surface area contributed by atoms with E-state index >= 15 is 0 Å². The topological polar surface area (TPSA) is 56.0 Å². The molecule has 2 rings (SSSR count). The van der Waals surface area contributed by atoms with Crippen molar-refractivity contribution in [2.24, 2.45) is 0 Å². The summed E-state index contributed by atoms with van der Waals surface area (Å²) in [6, 6.07) is 6.08. The largest absolute Gasteiger partial charge is 0.287 e. The van der Waals surface area contributed by atoms with E-state index in [9.17, 15) is 10.1 Å². The highest BCUT2D eigenvalue weighted by molar-refractivity contribution is 6.48. The van der Waals surface area contributed by atoms with Crippen molar-refractivity contribution in [1.29, 1.82) is 0 Å². The minimum absolute atomic E-state index is 0.0788. The van der Waals surface area contributed by atoms with E-state index in [0.29, 0.717) is 21.3 Å². The fourth-order valence-corrected chi connectivity index (χ4v) is 1.96. The quantitative estimate of drug-likeness (QED) is 0.462. The van der Waals surface area contributed by atoms with Gasteiger partial charge in [0.15, 0.2) is 0 Å². The summed E-state index contributed by atoms with van der Waals surface area (Å²) in [5.41, 5.74) is 1.09. The van der Waals surface area contributed by atoms with E-state index in [1.807, 2.05) is 0 Å². The molecule has 0 bridgehead atoms. The normalized spacial score (nSPS) is 10.4. The Labute approximate surface area is 117 Å². The maximum atomic E-state index is 10.5. The molecule has 0 aliphatic heterocycles. The fourth-order valence-electron chi connectivity index (χ4n) is 1.37. The molecule has 0 N–H and O–H groups in total. The lowest BCUT2D eigenvalue weighted by Gasteiger charge is -2.04. The molecule has 0 saturated heterocycles. The summed E-state index contributed by atoms with van der Waals surface area (Å²) in [5.74, 6) is 0. The van der Waals surface area contributed by atoms with Gasteiger partial charge in [-0.3, -0.25) is 10.1 Å². The van der Waals surface area contributed by atoms with Gasteiger partial charge in [0.05, 0.1) is 25.7 Å². The number of pyridine rings is 1. The van der Waals surface area contributed by atoms with Crippen LogP contribution < -0.4 is 0 Å². The zero-order valence-electron chi connectivity index (χ0n) is 8.73. The lowest BCUT2D eigenvalue weighted by Crippen LogP contribution is -1.90. The molecule has 2 aromatic rings. The van der Waals surface area contributed by atoms with Crippen LogP contribution in [-0.2, 0) is 0 Å². The van der Waals surface area contributed by atoms with Gasteiger partial charge >= 0.3 is 0 Å². The van der Waals surface area contributed by atoms with Crippen LogP contribution in [-0.4, -0.2) is 9.91 Å². The van der Waals surface area contributed by atoms with Crippen LogP contribution in [0.2, 0.25) is 15.1 Å². The van der Waals surface area contributed by atoms with E-state index in [-0.39, 0.29) is 10.7 Å². The Hall–Kier alpha value is -1.36. The second kappa shape index (κ2) is 5.10. The van der Waals surface area contributed by atoms with E-state index in [0.717, 1.165) is 0 Å². The Morgan fingerprint density at radius 2 is 1.72 bits per heavy atom. The standard InChI is InChI=1S/C11H5Cl3N2O2/c12-8-3-6(4-9(13)11(8)14)10-2-1-7(5-15-10)16(17)18/h1-5H. The number of halogens is 3. The van der Waals surface area contributed by atoms with Crippen molar-refractivity contribution in [3.8, 4) is 11.3 Å². The van der Waals surface area contributed by atoms with Crippen LogP contribution in [0.15, 0.2) is 30.5 Å². The van der Waals surface area contributed by atoms with Crippen molar-refractivity contribution in [1.82, 2.24) is 4.98 Å². The highest BCUT2D eigenvalue weighted by Crippen LogP contribution is 2.34. The van der Waals surface area contributed by atoms with Gasteiger partial charge in [0.1, 0.15) is 6.20 Å². The highest BCUT2D eigenvalue weighted by atomic mass is 35.5. The molecule has 0 amide bonds. The summed E-state index contributed by atoms with van der Waals surface area (Å²) in [5, 5.41) is 11.4. The average Bonchev–Trinajstić information content (AvgIpc) is 2.35. The van der Waals surface area contributed by atoms with Gasteiger partial charge in [-0.2, -0.15) is 0 Å². The summed E-state index contributed by atoms with van der Waals surface area (Å²) in [4.78, 5) is 14.0. The van der Waals surface area contributed by atoms with Crippen LogP contribution >= 0.6 is 34.8 Å². The first kappa shape index (κ1) is 13.1. The molecular formula is C11H5Cl3N2O2. The molecule has 0 aliphatic rings. The highest BCUT2D eigenvalue weighted by Gasteiger charge is 2.10. The number of nitrogens with zero attached hydrogens (tertiary/aromatic N) is 2. The predicted molar refractivity (Wildman–Crippen MR) is 71.4 cm³/mol. The molecule has 0 saturated carbocycles. The first-order valence-corrected chi connectivity index (χ1v) is 5.88. The summed E-state index contributed by atoms with van der Waals surface area (Å²) >= 11 is 17.6. The van der Waals surface area contributed by atoms with Crippen molar-refractivity contribution in [2.45, 2.75) is 0 Å². The molecule has 4 nitrogen and oxygen atoms in total. The smallest absolute Gasteiger partial charge is 0.258 e. The zero-order valence-corrected chi connectivity index (χ0v) is 11.0. The Morgan fingerprint density at radius 3 is 2.17 bits per heavy atom. The van der Waals surface area contributed by atoms with Gasteiger partial charge < -0.3 is 0 Å². The predicted octanol–water partition coefficient (Wildman–Crippen LogP) is 4.62. The van der Waals surface area contributed by atoms with Crippen LogP contribution in [0.4, 0.5) is 5.69 Å². The average molecular weight is 304 g/mol. The molecular weight excluding hydrogens is 298 g/mol. The van der Waals surface area contributed by atoms with E-state index in [1.165, 1.54) is 18.3 Å². The number of nitro groups is 1. The second-order valence-electron chi connectivity index (χ2n) is 3.41. The van der Waals surface area contributed by atoms with Crippen molar-refractivity contribution in [3.05, 3.63) is 55.6 Å². The first-order valence-electron chi connectivity index (χ1n) is 4.74. The van der Waals surface area contributed by atoms with Crippen molar-refractivity contribution >= 4 is 40.5 Å². The number of benzene rings is 1. The molecule has 18 heavy (non-hydrogen) atoms. The summed E-state index contributed by atoms with van der Waals surface area (Å²) in [7, 11) is 0. The van der Waals surface area contributed by atoms with E-state index in [4.69, 9.17) is 34.8 Å². The van der Waals surface area contributed by atoms with Crippen molar-refractivity contribution in [2.75, 3.05) is 0 Å². The number of hydrogen-bond donors (Lipinski definition) is 0. The number of hydrogen-bond acceptors (Lipinski definition) is 3. The first-order chi connectivity index (χ1) is 8.49. The van der Waals surface area contributed by atoms with Gasteiger partial charge in [-0.1, -0.05) is 34.8 Å². The van der Waals surface area contributed by atoms with Gasteiger partial charge in [-0.25, -0.2) is 4.98 Å². The van der Waals surface area contributed by atoms with Crippen LogP contribution in [0, 0.1) is 10.1 Å². The van der Waals surface area contributed by atoms with Gasteiger partial charge in [0.25, 0.3) is 5.69 Å². The molecule has 0 unspecified atom stereocenters. The Morgan fingerprint density at radius 1 is 1.11 bits per heavy atom. The van der Waals surface area contributed by atoms with Gasteiger partial charge in [0.2, 0.25) is 0 Å². The van der Waals surface area contributed by atoms with E-state index in [1.54, 1.807) is 12.1 Å². The Kier molecular flexibility index (Phi) is 3.71. The molecule has 0 atom stereocenters. The van der Waals surface area contributed by atoms with Crippen LogP contribution in [0.5, 0.6) is 0 Å². The number of aromatic nitrogens is 1. The molecule has 7 heteroatoms. The summed E-state index contributed by atoms with van der Waals surface area (Å²) < 4.78 is 0. The summed E-state index contributed by atoms with van der Waals surface area (Å²) in [6.07, 6.45) is 1.17. The van der Waals surface area contributed by atoms with Gasteiger partial charge in [0, 0.05) is 11.6 Å². The molecule has 0 aliphatic carbocycles. The zero-order chi connectivity index (χ0) is 13.3. The van der Waals surface area contributed by atoms with Crippen molar-refractivity contribution in [3.63, 3.8) is 0 Å². The lowest BCUT2D eigenvalue weighted by molar-refractivity contribution is -0.385. The van der Waals surface area contributed by atoms with Crippen LogP contribution in [0.25, 0.3) is 11.3 Å². The Bertz CT molecular complexity index is 591. The minimum atomic E-state index is -0.515. The molecule has 1 heterocycles. The molecule has 1 aromatic heterocycles. The minimum Gasteiger partial charge on any atom is -0.258 e. The van der Waals surface area contributed by atoms with Crippen LogP contribution in [0.3, 0.4) is 0 Å². The van der Waals surface area contributed by atoms with E-state index < -0.39 is 4.92 Å². The number of rotatable bonds is 2. The van der Waals surface area contributed by atoms with E-state index in [2.05, 4.69) is 4.98 Å². The maximum absolute atomic E-state index is 10.5. The Balaban J connectivity index is 2.46. The third-order valence-electron chi connectivity index (χ3n) is 2.24. The van der Waals surface area contributed by atoms with Gasteiger partial charge in [-0.05, 0) is 18.2 Å². The fraction of sp³-hybridized carbons (Fsp3) is 0. The molecule has 92 valence electrons. The summed E-state index contributed by atoms with van der Waals surface area (Å²) in [6.45, 7) is 0. The van der Waals surface area contributed by atoms with Crippen LogP contribution in [0.1, 0.15) is 0 Å². The SMILES string of the molecule is O=[N+]([O-])c1ccc(-c2cc(Cl)c(Cl)c(Cl)c2)nc1. The second-order valence-corrected chi connectivity index (χ2v) is 4.60. The third kappa shape index (κ3) is 2.56. The monoisotopic (exact) mass is 302 g/mol. The molecule has 0 radical (unpaired) electrons. The molecule has 0 spiro atoms. The third-order valence-corrected chi connectivity index (χ3v) is 3.44.